The minimum atomic E-state index is -2.75. The van der Waals surface area contributed by atoms with Gasteiger partial charge in [0.15, 0.2) is 0 Å². The number of sulfone groups is 1. The Morgan fingerprint density at radius 1 is 1.38 bits per heavy atom. The van der Waals surface area contributed by atoms with Gasteiger partial charge in [0.25, 0.3) is 0 Å². The van der Waals surface area contributed by atoms with E-state index in [1.54, 1.807) is 6.92 Å². The van der Waals surface area contributed by atoms with E-state index >= 15 is 0 Å². The standard InChI is InChI=1S/C9H19NO2S/c1-2-13(11,12)8-4-7-10-9-5-3-6-9/h9-10H,2-8H2,1H3. The Hall–Kier alpha value is -0.0900. The second-order valence-electron chi connectivity index (χ2n) is 3.67. The molecular formula is C9H19NO2S. The molecule has 0 aromatic carbocycles. The van der Waals surface area contributed by atoms with Crippen molar-refractivity contribution in [3.8, 4) is 0 Å². The van der Waals surface area contributed by atoms with Crippen molar-refractivity contribution in [1.82, 2.24) is 5.32 Å². The molecule has 0 aromatic rings. The van der Waals surface area contributed by atoms with Gasteiger partial charge < -0.3 is 5.32 Å². The topological polar surface area (TPSA) is 46.2 Å². The normalized spacial score (nSPS) is 18.5. The Morgan fingerprint density at radius 3 is 2.54 bits per heavy atom. The predicted molar refractivity (Wildman–Crippen MR) is 54.6 cm³/mol. The van der Waals surface area contributed by atoms with Gasteiger partial charge in [-0.05, 0) is 25.8 Å². The summed E-state index contributed by atoms with van der Waals surface area (Å²) in [4.78, 5) is 0. The molecular weight excluding hydrogens is 186 g/mol. The Bertz CT molecular complexity index is 232. The summed E-state index contributed by atoms with van der Waals surface area (Å²) in [6.45, 7) is 2.55. The zero-order chi connectivity index (χ0) is 9.73. The average molecular weight is 205 g/mol. The molecule has 0 atom stereocenters. The molecule has 1 N–H and O–H groups in total. The van der Waals surface area contributed by atoms with Crippen LogP contribution in [0.15, 0.2) is 0 Å². The van der Waals surface area contributed by atoms with Gasteiger partial charge in [0, 0.05) is 11.8 Å². The van der Waals surface area contributed by atoms with Gasteiger partial charge in [-0.15, -0.1) is 0 Å². The predicted octanol–water partition coefficient (Wildman–Crippen LogP) is 0.953. The Labute approximate surface area is 80.8 Å². The fourth-order valence-corrected chi connectivity index (χ4v) is 2.23. The van der Waals surface area contributed by atoms with Gasteiger partial charge in [0.1, 0.15) is 9.84 Å². The second-order valence-corrected chi connectivity index (χ2v) is 6.14. The third kappa shape index (κ3) is 4.09. The van der Waals surface area contributed by atoms with Crippen LogP contribution in [0.25, 0.3) is 0 Å². The molecule has 1 fully saturated rings. The highest BCUT2D eigenvalue weighted by Crippen LogP contribution is 2.17. The van der Waals surface area contributed by atoms with Crippen molar-refractivity contribution in [2.24, 2.45) is 0 Å². The first-order valence-corrected chi connectivity index (χ1v) is 6.90. The summed E-state index contributed by atoms with van der Waals surface area (Å²) in [6.07, 6.45) is 4.61. The molecule has 1 saturated carbocycles. The molecule has 3 nitrogen and oxygen atoms in total. The monoisotopic (exact) mass is 205 g/mol. The molecule has 1 rings (SSSR count). The van der Waals surface area contributed by atoms with Gasteiger partial charge >= 0.3 is 0 Å². The van der Waals surface area contributed by atoms with Crippen LogP contribution in [-0.2, 0) is 9.84 Å². The van der Waals surface area contributed by atoms with E-state index in [2.05, 4.69) is 5.32 Å². The zero-order valence-electron chi connectivity index (χ0n) is 8.25. The maximum atomic E-state index is 11.1. The van der Waals surface area contributed by atoms with E-state index in [-0.39, 0.29) is 5.75 Å². The third-order valence-electron chi connectivity index (χ3n) is 2.61. The summed E-state index contributed by atoms with van der Waals surface area (Å²) >= 11 is 0. The van der Waals surface area contributed by atoms with E-state index in [1.807, 2.05) is 0 Å². The Balaban J connectivity index is 2.00. The zero-order valence-corrected chi connectivity index (χ0v) is 9.07. The molecule has 0 saturated heterocycles. The van der Waals surface area contributed by atoms with E-state index in [1.165, 1.54) is 19.3 Å². The molecule has 0 amide bonds. The van der Waals surface area contributed by atoms with Crippen molar-refractivity contribution in [2.75, 3.05) is 18.1 Å². The summed E-state index contributed by atoms with van der Waals surface area (Å²) in [5.74, 6) is 0.611. The molecule has 0 aromatic heterocycles. The minimum absolute atomic E-state index is 0.274. The molecule has 13 heavy (non-hydrogen) atoms. The largest absolute Gasteiger partial charge is 0.314 e. The average Bonchev–Trinajstić information content (AvgIpc) is 2.01. The highest BCUT2D eigenvalue weighted by atomic mass is 32.2. The van der Waals surface area contributed by atoms with E-state index in [0.29, 0.717) is 11.8 Å². The van der Waals surface area contributed by atoms with Crippen molar-refractivity contribution < 1.29 is 8.42 Å². The minimum Gasteiger partial charge on any atom is -0.314 e. The van der Waals surface area contributed by atoms with Gasteiger partial charge in [0.05, 0.1) is 5.75 Å². The van der Waals surface area contributed by atoms with Gasteiger partial charge in [-0.25, -0.2) is 8.42 Å². The Kier molecular flexibility index (Phi) is 4.19. The van der Waals surface area contributed by atoms with Gasteiger partial charge in [-0.1, -0.05) is 13.3 Å². The van der Waals surface area contributed by atoms with Crippen LogP contribution >= 0.6 is 0 Å². The van der Waals surface area contributed by atoms with Crippen molar-refractivity contribution >= 4 is 9.84 Å². The van der Waals surface area contributed by atoms with Crippen LogP contribution in [0.4, 0.5) is 0 Å². The maximum absolute atomic E-state index is 11.1. The highest BCUT2D eigenvalue weighted by molar-refractivity contribution is 7.91. The molecule has 0 spiro atoms. The fraction of sp³-hybridized carbons (Fsp3) is 1.00. The van der Waals surface area contributed by atoms with E-state index < -0.39 is 9.84 Å². The van der Waals surface area contributed by atoms with E-state index in [0.717, 1.165) is 13.0 Å². The molecule has 0 unspecified atom stereocenters. The quantitative estimate of drug-likeness (QED) is 0.657. The molecule has 1 aliphatic carbocycles. The first kappa shape index (κ1) is 11.0. The molecule has 0 radical (unpaired) electrons. The molecule has 0 bridgehead atoms. The van der Waals surface area contributed by atoms with E-state index in [4.69, 9.17) is 0 Å². The maximum Gasteiger partial charge on any atom is 0.150 e. The molecule has 4 heteroatoms. The smallest absolute Gasteiger partial charge is 0.150 e. The molecule has 1 aliphatic rings. The van der Waals surface area contributed by atoms with Crippen LogP contribution in [-0.4, -0.2) is 32.5 Å². The summed E-state index contributed by atoms with van der Waals surface area (Å²) in [5, 5.41) is 3.35. The first-order valence-electron chi connectivity index (χ1n) is 5.08. The number of hydrogen-bond acceptors (Lipinski definition) is 3. The van der Waals surface area contributed by atoms with Crippen LogP contribution < -0.4 is 5.32 Å². The van der Waals surface area contributed by atoms with Crippen LogP contribution in [0.3, 0.4) is 0 Å². The van der Waals surface area contributed by atoms with Gasteiger partial charge in [-0.2, -0.15) is 0 Å². The lowest BCUT2D eigenvalue weighted by Crippen LogP contribution is -2.36. The second kappa shape index (κ2) is 4.96. The van der Waals surface area contributed by atoms with Crippen molar-refractivity contribution in [2.45, 2.75) is 38.6 Å². The number of hydrogen-bond donors (Lipinski definition) is 1. The first-order chi connectivity index (χ1) is 6.14. The third-order valence-corrected chi connectivity index (χ3v) is 4.40. The number of rotatable bonds is 6. The summed E-state index contributed by atoms with van der Waals surface area (Å²) in [6, 6.07) is 0.671. The van der Waals surface area contributed by atoms with E-state index in [9.17, 15) is 8.42 Å². The highest BCUT2D eigenvalue weighted by Gasteiger charge is 2.16. The SMILES string of the molecule is CCS(=O)(=O)CCCNC1CCC1. The fourth-order valence-electron chi connectivity index (χ4n) is 1.35. The van der Waals surface area contributed by atoms with Gasteiger partial charge in [0.2, 0.25) is 0 Å². The molecule has 0 aliphatic heterocycles. The number of nitrogens with one attached hydrogen (secondary N) is 1. The van der Waals surface area contributed by atoms with Crippen LogP contribution in [0, 0.1) is 0 Å². The summed E-state index contributed by atoms with van der Waals surface area (Å²) in [5.41, 5.74) is 0. The summed E-state index contributed by atoms with van der Waals surface area (Å²) < 4.78 is 22.2. The molecule has 0 heterocycles. The summed E-state index contributed by atoms with van der Waals surface area (Å²) in [7, 11) is -2.75. The van der Waals surface area contributed by atoms with Crippen LogP contribution in [0.2, 0.25) is 0 Å². The van der Waals surface area contributed by atoms with Gasteiger partial charge in [-0.3, -0.25) is 0 Å². The van der Waals surface area contributed by atoms with Crippen molar-refractivity contribution in [1.29, 1.82) is 0 Å². The van der Waals surface area contributed by atoms with Crippen LogP contribution in [0.1, 0.15) is 32.6 Å². The lowest BCUT2D eigenvalue weighted by molar-refractivity contribution is 0.341. The molecule has 78 valence electrons. The van der Waals surface area contributed by atoms with Crippen molar-refractivity contribution in [3.63, 3.8) is 0 Å². The van der Waals surface area contributed by atoms with Crippen LogP contribution in [0.5, 0.6) is 0 Å². The van der Waals surface area contributed by atoms with Crippen molar-refractivity contribution in [3.05, 3.63) is 0 Å². The lowest BCUT2D eigenvalue weighted by atomic mass is 9.93. The Morgan fingerprint density at radius 2 is 2.08 bits per heavy atom. The lowest BCUT2D eigenvalue weighted by Gasteiger charge is -2.26.